The number of para-hydroxylation sites is 1. The lowest BCUT2D eigenvalue weighted by molar-refractivity contribution is -0.131. The van der Waals surface area contributed by atoms with Crippen molar-refractivity contribution in [2.45, 2.75) is 105 Å². The molecule has 4 aliphatic heterocycles. The zero-order valence-corrected chi connectivity index (χ0v) is 42.1. The molecule has 4 N–H and O–H groups in total. The predicted molar refractivity (Wildman–Crippen MR) is 271 cm³/mol. The summed E-state index contributed by atoms with van der Waals surface area (Å²) in [5.74, 6) is 2.20. The minimum Gasteiger partial charge on any atom is -0.507 e. The maximum atomic E-state index is 11.4. The lowest BCUT2D eigenvalue weighted by Gasteiger charge is -2.49. The number of likely N-dealkylation sites (tertiary alicyclic amines) is 2. The number of amides is 2. The van der Waals surface area contributed by atoms with Gasteiger partial charge in [0.1, 0.15) is 18.6 Å². The first-order valence-corrected chi connectivity index (χ1v) is 25.3. The normalized spacial score (nSPS) is 18.3. The second-order valence-electron chi connectivity index (χ2n) is 17.2. The van der Waals surface area contributed by atoms with E-state index in [2.05, 4.69) is 63.9 Å². The molecule has 4 aliphatic rings. The Morgan fingerprint density at radius 1 is 0.956 bits per heavy atom. The summed E-state index contributed by atoms with van der Waals surface area (Å²) in [4.78, 5) is 36.6. The van der Waals surface area contributed by atoms with Crippen molar-refractivity contribution in [3.05, 3.63) is 83.7 Å². The Morgan fingerprint density at radius 3 is 2.34 bits per heavy atom. The van der Waals surface area contributed by atoms with Crippen LogP contribution in [0.1, 0.15) is 91.4 Å². The number of thiazole rings is 1. The first-order valence-electron chi connectivity index (χ1n) is 24.4. The highest BCUT2D eigenvalue weighted by atomic mass is 32.1. The van der Waals surface area contributed by atoms with Crippen LogP contribution in [-0.4, -0.2) is 141 Å². The number of aliphatic hydroxyl groups is 1. The fourth-order valence-electron chi connectivity index (χ4n) is 8.68. The van der Waals surface area contributed by atoms with Crippen molar-refractivity contribution < 1.29 is 29.1 Å². The number of aliphatic hydroxyl groups excluding tert-OH is 1. The minimum absolute atomic E-state index is 0.0455. The molecule has 3 atom stereocenters. The van der Waals surface area contributed by atoms with E-state index >= 15 is 0 Å². The third-order valence-corrected chi connectivity index (χ3v) is 13.2. The fourth-order valence-corrected chi connectivity index (χ4v) is 9.49. The number of ether oxygens (including phenoxy) is 1. The molecule has 2 unspecified atom stereocenters. The van der Waals surface area contributed by atoms with Crippen LogP contribution in [-0.2, 0) is 9.59 Å². The molecular weight excluding hydrogens is 881 g/mol. The number of aromatic nitrogens is 4. The Morgan fingerprint density at radius 2 is 1.71 bits per heavy atom. The quantitative estimate of drug-likeness (QED) is 0.0885. The highest BCUT2D eigenvalue weighted by molar-refractivity contribution is 7.13. The van der Waals surface area contributed by atoms with Gasteiger partial charge in [0.05, 0.1) is 45.7 Å². The number of aromatic hydroxyl groups is 1. The molecule has 3 fully saturated rings. The van der Waals surface area contributed by atoms with E-state index in [0.29, 0.717) is 54.7 Å². The third-order valence-electron chi connectivity index (χ3n) is 12.3. The molecule has 68 heavy (non-hydrogen) atoms. The lowest BCUT2D eigenvalue weighted by atomic mass is 9.99. The summed E-state index contributed by atoms with van der Waals surface area (Å²) in [5, 5.41) is 38.3. The van der Waals surface area contributed by atoms with Crippen LogP contribution in [0.5, 0.6) is 11.6 Å². The van der Waals surface area contributed by atoms with Gasteiger partial charge >= 0.3 is 0 Å². The van der Waals surface area contributed by atoms with Crippen molar-refractivity contribution in [2.75, 3.05) is 75.7 Å². The first kappa shape index (κ1) is 53.3. The summed E-state index contributed by atoms with van der Waals surface area (Å²) in [6.07, 6.45) is 5.68. The van der Waals surface area contributed by atoms with Crippen molar-refractivity contribution in [3.63, 3.8) is 0 Å². The Hall–Kier alpha value is -5.62. The third kappa shape index (κ3) is 14.9. The number of carbonyl (C=O) groups excluding carboxylic acids is 2. The second kappa shape index (κ2) is 27.4. The van der Waals surface area contributed by atoms with E-state index in [4.69, 9.17) is 9.26 Å². The molecule has 0 spiro atoms. The number of benzene rings is 2. The molecule has 2 amide bonds. The number of hydrogen-bond acceptors (Lipinski definition) is 15. The summed E-state index contributed by atoms with van der Waals surface area (Å²) in [6, 6.07) is 20.4. The maximum Gasteiger partial charge on any atom is 0.254 e. The number of aryl methyl sites for hydroxylation is 1. The van der Waals surface area contributed by atoms with E-state index in [9.17, 15) is 19.8 Å². The van der Waals surface area contributed by atoms with E-state index < -0.39 is 0 Å². The van der Waals surface area contributed by atoms with Gasteiger partial charge in [-0.1, -0.05) is 77.9 Å². The number of phenolic OH excluding ortho intramolecular Hbond substituents is 1. The largest absolute Gasteiger partial charge is 0.507 e. The summed E-state index contributed by atoms with van der Waals surface area (Å²) in [6.45, 7) is 25.0. The van der Waals surface area contributed by atoms with Gasteiger partial charge in [-0.3, -0.25) is 19.4 Å². The van der Waals surface area contributed by atoms with Gasteiger partial charge in [-0.05, 0) is 86.6 Å². The van der Waals surface area contributed by atoms with Crippen molar-refractivity contribution in [3.8, 4) is 33.3 Å². The van der Waals surface area contributed by atoms with Gasteiger partial charge in [-0.2, -0.15) is 0 Å². The molecule has 3 aromatic heterocycles. The second-order valence-corrected chi connectivity index (χ2v) is 18.1. The first-order chi connectivity index (χ1) is 33.1. The number of nitrogens with one attached hydrogen (secondary N) is 2. The Labute approximate surface area is 407 Å². The zero-order valence-electron chi connectivity index (χ0n) is 41.3. The molecule has 16 nitrogen and oxygen atoms in total. The molecule has 2 aromatic carbocycles. The van der Waals surface area contributed by atoms with Crippen LogP contribution in [0.3, 0.4) is 0 Å². The van der Waals surface area contributed by atoms with Crippen LogP contribution >= 0.6 is 11.3 Å². The lowest BCUT2D eigenvalue weighted by Crippen LogP contribution is -2.61. The zero-order chi connectivity index (χ0) is 49.0. The van der Waals surface area contributed by atoms with Gasteiger partial charge in [0.15, 0.2) is 5.82 Å². The molecule has 0 bridgehead atoms. The summed E-state index contributed by atoms with van der Waals surface area (Å²) >= 11 is 1.64. The van der Waals surface area contributed by atoms with E-state index in [1.165, 1.54) is 29.5 Å². The van der Waals surface area contributed by atoms with Crippen LogP contribution in [0, 0.1) is 12.8 Å². The van der Waals surface area contributed by atoms with Gasteiger partial charge in [0.25, 0.3) is 5.88 Å². The SMILES string of the molecule is CC.CC.CC(C)CC(=O)N1CCC(O)C1.Cc1ncsc1-c1ccc([C@H](C)NC=O)cc1.Oc1ccccc1-c1cc2c(nn1)NCC1CN(C3CCN(CCOc4ccon4)CC3)CCN21. The smallest absolute Gasteiger partial charge is 0.254 e. The Kier molecular flexibility index (Phi) is 21.5. The average Bonchev–Trinajstić information content (AvgIpc) is 4.16. The van der Waals surface area contributed by atoms with Gasteiger partial charge in [0.2, 0.25) is 12.3 Å². The molecule has 0 saturated carbocycles. The number of carbonyl (C=O) groups is 2. The highest BCUT2D eigenvalue weighted by Gasteiger charge is 2.36. The van der Waals surface area contributed by atoms with Crippen molar-refractivity contribution in [1.29, 1.82) is 0 Å². The maximum absolute atomic E-state index is 11.4. The molecule has 17 heteroatoms. The minimum atomic E-state index is -0.291. The number of nitrogens with zero attached hydrogens (tertiary/aromatic N) is 8. The Balaban J connectivity index is 0.000000217. The van der Waals surface area contributed by atoms with E-state index in [1.807, 2.05) is 91.2 Å². The van der Waals surface area contributed by atoms with Gasteiger partial charge in [-0.15, -0.1) is 21.5 Å². The van der Waals surface area contributed by atoms with Crippen molar-refractivity contribution in [2.24, 2.45) is 5.92 Å². The molecule has 0 radical (unpaired) electrons. The summed E-state index contributed by atoms with van der Waals surface area (Å²) in [5.41, 5.74) is 7.68. The van der Waals surface area contributed by atoms with Crippen LogP contribution in [0.4, 0.5) is 11.5 Å². The predicted octanol–water partition coefficient (Wildman–Crippen LogP) is 7.90. The number of hydrogen-bond donors (Lipinski definition) is 4. The molecule has 7 heterocycles. The number of β-amino-alcohol motifs (C(OH)–C–C–N with tert-alkyl or cyclic N) is 1. The number of phenols is 1. The van der Waals surface area contributed by atoms with E-state index in [1.54, 1.807) is 28.4 Å². The molecule has 0 aliphatic carbocycles. The van der Waals surface area contributed by atoms with E-state index in [-0.39, 0.29) is 23.8 Å². The number of fused-ring (bicyclic) bond motifs is 3. The summed E-state index contributed by atoms with van der Waals surface area (Å²) in [7, 11) is 0. The topological polar surface area (TPSA) is 186 Å². The van der Waals surface area contributed by atoms with Crippen LogP contribution in [0.15, 0.2) is 77.0 Å². The summed E-state index contributed by atoms with van der Waals surface area (Å²) < 4.78 is 10.4. The van der Waals surface area contributed by atoms with Gasteiger partial charge in [-0.25, -0.2) is 4.98 Å². The standard InChI is InChI=1S/C25H31N7O3.C13H14N2OS.C9H17NO2.2C2H6/c33-23-4-2-1-3-20(23)21-15-22-25(28-27-21)26-16-19-17-31(10-11-32(19)22)18-5-8-30(9-6-18)12-14-34-24-7-13-35-29-24;1-9(14-7-16)11-3-5-12(6-4-11)13-10(2)15-8-17-13;1-7(2)5-9(12)10-4-3-8(11)6-10;2*1-2/h1-4,7,13,15,18-19,33H,5-6,8-12,14,16-17H2,(H,26,28);3-9H,1-2H3,(H,14,16);7-8,11H,3-6H2,1-2H3;2*1-2H3/t;9-;;;/m.0.../s1. The van der Waals surface area contributed by atoms with Gasteiger partial charge < -0.3 is 39.9 Å². The average molecular weight is 955 g/mol. The van der Waals surface area contributed by atoms with Gasteiger partial charge in [0, 0.05) is 69.9 Å². The van der Waals surface area contributed by atoms with E-state index in [0.717, 1.165) is 88.0 Å². The number of rotatable bonds is 12. The number of piperidine rings is 1. The molecule has 3 saturated heterocycles. The molecule has 5 aromatic rings. The molecule has 9 rings (SSSR count). The van der Waals surface area contributed by atoms with Crippen LogP contribution in [0.2, 0.25) is 0 Å². The highest BCUT2D eigenvalue weighted by Crippen LogP contribution is 2.37. The van der Waals surface area contributed by atoms with Crippen molar-refractivity contribution in [1.82, 2.24) is 40.4 Å². The number of piperazine rings is 1. The fraction of sp³-hybridized carbons (Fsp3) is 0.529. The molecular formula is C51H74N10O6S. The van der Waals surface area contributed by atoms with Crippen LogP contribution < -0.4 is 20.3 Å². The molecule has 370 valence electrons. The van der Waals surface area contributed by atoms with Crippen molar-refractivity contribution >= 4 is 35.2 Å². The van der Waals surface area contributed by atoms with Crippen LogP contribution in [0.25, 0.3) is 21.7 Å². The number of anilines is 2. The monoisotopic (exact) mass is 955 g/mol. The Bertz CT molecular complexity index is 2230.